The van der Waals surface area contributed by atoms with Gasteiger partial charge in [0.05, 0.1) is 0 Å². The Balaban J connectivity index is 1.76. The molecule has 17 heavy (non-hydrogen) atoms. The summed E-state index contributed by atoms with van der Waals surface area (Å²) in [5.74, 6) is -0.494. The van der Waals surface area contributed by atoms with Crippen LogP contribution in [0.5, 0.6) is 0 Å². The molecule has 0 unspecified atom stereocenters. The topological polar surface area (TPSA) is 81.4 Å². The smallest absolute Gasteiger partial charge is 0.408 e. The van der Waals surface area contributed by atoms with Gasteiger partial charge in [-0.3, -0.25) is 4.79 Å². The van der Waals surface area contributed by atoms with Crippen LogP contribution in [0, 0.1) is 0 Å². The molecule has 0 heterocycles. The van der Waals surface area contributed by atoms with E-state index in [4.69, 9.17) is 10.5 Å². The third-order valence-corrected chi connectivity index (χ3v) is 3.00. The van der Waals surface area contributed by atoms with Gasteiger partial charge < -0.3 is 15.8 Å². The van der Waals surface area contributed by atoms with Crippen LogP contribution in [-0.4, -0.2) is 24.1 Å². The number of rotatable bonds is 4. The van der Waals surface area contributed by atoms with Gasteiger partial charge in [-0.25, -0.2) is 4.79 Å². The van der Waals surface area contributed by atoms with Crippen molar-refractivity contribution in [1.82, 2.24) is 5.32 Å². The highest BCUT2D eigenvalue weighted by atomic mass is 16.5. The molecule has 0 aliphatic heterocycles. The van der Waals surface area contributed by atoms with Crippen LogP contribution < -0.4 is 11.1 Å². The Morgan fingerprint density at radius 3 is 2.71 bits per heavy atom. The Morgan fingerprint density at radius 2 is 2.18 bits per heavy atom. The van der Waals surface area contributed by atoms with E-state index in [0.717, 1.165) is 18.4 Å². The van der Waals surface area contributed by atoms with Crippen molar-refractivity contribution in [1.29, 1.82) is 0 Å². The van der Waals surface area contributed by atoms with Crippen molar-refractivity contribution in [2.75, 3.05) is 6.61 Å². The van der Waals surface area contributed by atoms with E-state index in [9.17, 15) is 9.59 Å². The number of hydrogen-bond donors (Lipinski definition) is 2. The van der Waals surface area contributed by atoms with Gasteiger partial charge in [-0.15, -0.1) is 0 Å². The molecule has 5 heteroatoms. The molecule has 2 amide bonds. The standard InChI is InChI=1S/C12H16N2O3/c13-10(15)12(6-7-12)14-11(16)17-8-9-4-2-1-3-5-9/h2,4-5H,1,3,6-8H2,(H2,13,15)(H,14,16). The van der Waals surface area contributed by atoms with Crippen LogP contribution in [0.15, 0.2) is 23.8 Å². The average Bonchev–Trinajstić information content (AvgIpc) is 3.09. The lowest BCUT2D eigenvalue weighted by Gasteiger charge is -2.14. The summed E-state index contributed by atoms with van der Waals surface area (Å²) < 4.78 is 5.03. The molecule has 1 saturated carbocycles. The highest BCUT2D eigenvalue weighted by Gasteiger charge is 2.50. The molecule has 0 aromatic heterocycles. The maximum Gasteiger partial charge on any atom is 0.408 e. The van der Waals surface area contributed by atoms with Crippen molar-refractivity contribution in [3.63, 3.8) is 0 Å². The first-order valence-corrected chi connectivity index (χ1v) is 5.73. The summed E-state index contributed by atoms with van der Waals surface area (Å²) in [6.07, 6.45) is 8.64. The van der Waals surface area contributed by atoms with E-state index in [2.05, 4.69) is 5.32 Å². The van der Waals surface area contributed by atoms with Crippen LogP contribution in [0.1, 0.15) is 25.7 Å². The Hall–Kier alpha value is -1.78. The summed E-state index contributed by atoms with van der Waals surface area (Å²) in [6, 6.07) is 0. The SMILES string of the molecule is NC(=O)C1(NC(=O)OCC2=CCCC=C2)CC1. The van der Waals surface area contributed by atoms with Gasteiger partial charge in [-0.2, -0.15) is 0 Å². The molecule has 0 atom stereocenters. The summed E-state index contributed by atoms with van der Waals surface area (Å²) in [5.41, 5.74) is 5.32. The Kier molecular flexibility index (Phi) is 3.17. The maximum atomic E-state index is 11.5. The second kappa shape index (κ2) is 4.61. The summed E-state index contributed by atoms with van der Waals surface area (Å²) in [4.78, 5) is 22.5. The molecule has 2 rings (SSSR count). The Morgan fingerprint density at radius 1 is 1.41 bits per heavy atom. The van der Waals surface area contributed by atoms with E-state index in [1.165, 1.54) is 0 Å². The van der Waals surface area contributed by atoms with Crippen molar-refractivity contribution < 1.29 is 14.3 Å². The van der Waals surface area contributed by atoms with Crippen molar-refractivity contribution in [3.05, 3.63) is 23.8 Å². The van der Waals surface area contributed by atoms with Gasteiger partial charge in [-0.05, 0) is 31.3 Å². The predicted octanol–water partition coefficient (Wildman–Crippen LogP) is 1.01. The number of nitrogens with one attached hydrogen (secondary N) is 1. The van der Waals surface area contributed by atoms with Gasteiger partial charge >= 0.3 is 6.09 Å². The monoisotopic (exact) mass is 236 g/mol. The summed E-state index contributed by atoms with van der Waals surface area (Å²) in [5, 5.41) is 2.52. The molecule has 0 aromatic carbocycles. The van der Waals surface area contributed by atoms with Gasteiger partial charge in [0.25, 0.3) is 0 Å². The van der Waals surface area contributed by atoms with Crippen LogP contribution >= 0.6 is 0 Å². The molecule has 92 valence electrons. The van der Waals surface area contributed by atoms with Gasteiger partial charge in [-0.1, -0.05) is 18.2 Å². The first-order valence-electron chi connectivity index (χ1n) is 5.73. The molecule has 0 radical (unpaired) electrons. The Bertz CT molecular complexity index is 395. The van der Waals surface area contributed by atoms with E-state index in [1.807, 2.05) is 18.2 Å². The van der Waals surface area contributed by atoms with Crippen LogP contribution in [-0.2, 0) is 9.53 Å². The number of nitrogens with two attached hydrogens (primary N) is 1. The number of ether oxygens (including phenoxy) is 1. The lowest BCUT2D eigenvalue weighted by atomic mass is 10.1. The normalized spacial score (nSPS) is 20.4. The van der Waals surface area contributed by atoms with E-state index >= 15 is 0 Å². The number of amides is 2. The van der Waals surface area contributed by atoms with E-state index in [-0.39, 0.29) is 6.61 Å². The molecule has 0 aromatic rings. The lowest BCUT2D eigenvalue weighted by Crippen LogP contribution is -2.47. The molecule has 2 aliphatic carbocycles. The van der Waals surface area contributed by atoms with E-state index in [0.29, 0.717) is 12.8 Å². The molecule has 0 saturated heterocycles. The fraction of sp³-hybridized carbons (Fsp3) is 0.500. The summed E-state index contributed by atoms with van der Waals surface area (Å²) >= 11 is 0. The summed E-state index contributed by atoms with van der Waals surface area (Å²) in [6.45, 7) is 0.233. The van der Waals surface area contributed by atoms with Crippen LogP contribution in [0.4, 0.5) is 4.79 Å². The number of hydrogen-bond acceptors (Lipinski definition) is 3. The second-order valence-corrected chi connectivity index (χ2v) is 4.41. The van der Waals surface area contributed by atoms with E-state index in [1.54, 1.807) is 0 Å². The minimum absolute atomic E-state index is 0.233. The fourth-order valence-corrected chi connectivity index (χ4v) is 1.71. The first kappa shape index (κ1) is 11.7. The number of primary amides is 1. The van der Waals surface area contributed by atoms with Gasteiger partial charge in [0.1, 0.15) is 12.1 Å². The van der Waals surface area contributed by atoms with Crippen molar-refractivity contribution in [2.24, 2.45) is 5.73 Å². The lowest BCUT2D eigenvalue weighted by molar-refractivity contribution is -0.120. The zero-order chi connectivity index (χ0) is 12.3. The number of carbonyl (C=O) groups excluding carboxylic acids is 2. The highest BCUT2D eigenvalue weighted by Crippen LogP contribution is 2.34. The number of allylic oxidation sites excluding steroid dienone is 2. The zero-order valence-electron chi connectivity index (χ0n) is 9.57. The molecular weight excluding hydrogens is 220 g/mol. The molecule has 5 nitrogen and oxygen atoms in total. The summed E-state index contributed by atoms with van der Waals surface area (Å²) in [7, 11) is 0. The number of carbonyl (C=O) groups is 2. The van der Waals surface area contributed by atoms with Gasteiger partial charge in [0.15, 0.2) is 0 Å². The molecule has 0 bridgehead atoms. The van der Waals surface area contributed by atoms with Crippen molar-refractivity contribution in [2.45, 2.75) is 31.2 Å². The quantitative estimate of drug-likeness (QED) is 0.764. The van der Waals surface area contributed by atoms with Crippen molar-refractivity contribution >= 4 is 12.0 Å². The maximum absolute atomic E-state index is 11.5. The van der Waals surface area contributed by atoms with Gasteiger partial charge in [0.2, 0.25) is 5.91 Å². The van der Waals surface area contributed by atoms with E-state index < -0.39 is 17.5 Å². The third-order valence-electron chi connectivity index (χ3n) is 3.00. The predicted molar refractivity (Wildman–Crippen MR) is 62.1 cm³/mol. The highest BCUT2D eigenvalue weighted by molar-refractivity contribution is 5.91. The minimum Gasteiger partial charge on any atom is -0.445 e. The molecular formula is C12H16N2O3. The van der Waals surface area contributed by atoms with Crippen LogP contribution in [0.25, 0.3) is 0 Å². The average molecular weight is 236 g/mol. The molecule has 2 aliphatic rings. The molecule has 0 spiro atoms. The first-order chi connectivity index (χ1) is 8.12. The second-order valence-electron chi connectivity index (χ2n) is 4.41. The zero-order valence-corrected chi connectivity index (χ0v) is 9.57. The van der Waals surface area contributed by atoms with Crippen LogP contribution in [0.2, 0.25) is 0 Å². The third kappa shape index (κ3) is 2.87. The largest absolute Gasteiger partial charge is 0.445 e. The molecule has 1 fully saturated rings. The Labute approximate surface area is 99.7 Å². The molecule has 3 N–H and O–H groups in total. The van der Waals surface area contributed by atoms with Gasteiger partial charge in [0, 0.05) is 0 Å². The number of alkyl carbamates (subject to hydrolysis) is 1. The van der Waals surface area contributed by atoms with Crippen molar-refractivity contribution in [3.8, 4) is 0 Å². The fourth-order valence-electron chi connectivity index (χ4n) is 1.71. The minimum atomic E-state index is -0.853. The van der Waals surface area contributed by atoms with Crippen LogP contribution in [0.3, 0.4) is 0 Å².